The first-order valence-electron chi connectivity index (χ1n) is 6.19. The fourth-order valence-electron chi connectivity index (χ4n) is 1.82. The molecule has 0 aliphatic heterocycles. The second-order valence-corrected chi connectivity index (χ2v) is 6.67. The average Bonchev–Trinajstić information content (AvgIpc) is 2.47. The Morgan fingerprint density at radius 2 is 1.80 bits per heavy atom. The standard InChI is InChI=1S/C15H14N2O2S/c1-3-20(18,19)15-9-8-13(17-14(15)10-16)12-6-4-11(2)5-7-12/h4-9H,3H2,1-2H3. The summed E-state index contributed by atoms with van der Waals surface area (Å²) in [6.45, 7) is 3.53. The Balaban J connectivity index is 2.56. The summed E-state index contributed by atoms with van der Waals surface area (Å²) in [5.74, 6) is -0.0484. The fraction of sp³-hybridized carbons (Fsp3) is 0.200. The summed E-state index contributed by atoms with van der Waals surface area (Å²) < 4.78 is 23.8. The molecule has 0 aliphatic carbocycles. The molecule has 0 saturated heterocycles. The maximum Gasteiger partial charge on any atom is 0.180 e. The Bertz CT molecular complexity index is 773. The van der Waals surface area contributed by atoms with E-state index in [-0.39, 0.29) is 16.3 Å². The summed E-state index contributed by atoms with van der Waals surface area (Å²) in [6.07, 6.45) is 0. The van der Waals surface area contributed by atoms with Crippen LogP contribution in [0.3, 0.4) is 0 Å². The van der Waals surface area contributed by atoms with Gasteiger partial charge in [0.15, 0.2) is 15.5 Å². The number of rotatable bonds is 3. The Hall–Kier alpha value is -2.19. The molecule has 1 aromatic heterocycles. The molecule has 2 aromatic rings. The van der Waals surface area contributed by atoms with Gasteiger partial charge in [0.05, 0.1) is 11.4 Å². The van der Waals surface area contributed by atoms with Gasteiger partial charge in [0.1, 0.15) is 11.0 Å². The molecule has 0 bridgehead atoms. The van der Waals surface area contributed by atoms with E-state index in [1.54, 1.807) is 13.0 Å². The third-order valence-corrected chi connectivity index (χ3v) is 4.79. The van der Waals surface area contributed by atoms with Crippen molar-refractivity contribution < 1.29 is 8.42 Å². The average molecular weight is 286 g/mol. The van der Waals surface area contributed by atoms with Gasteiger partial charge in [0.25, 0.3) is 0 Å². The van der Waals surface area contributed by atoms with E-state index >= 15 is 0 Å². The van der Waals surface area contributed by atoms with Crippen LogP contribution in [0.4, 0.5) is 0 Å². The second-order valence-electron chi connectivity index (χ2n) is 4.42. The van der Waals surface area contributed by atoms with Crippen molar-refractivity contribution in [2.24, 2.45) is 0 Å². The maximum absolute atomic E-state index is 11.9. The highest BCUT2D eigenvalue weighted by atomic mass is 32.2. The largest absolute Gasteiger partial charge is 0.236 e. The van der Waals surface area contributed by atoms with Gasteiger partial charge in [0, 0.05) is 5.56 Å². The predicted molar refractivity (Wildman–Crippen MR) is 76.9 cm³/mol. The summed E-state index contributed by atoms with van der Waals surface area (Å²) >= 11 is 0. The molecule has 0 aliphatic rings. The zero-order chi connectivity index (χ0) is 14.8. The molecule has 0 N–H and O–H groups in total. The van der Waals surface area contributed by atoms with Crippen LogP contribution in [0.15, 0.2) is 41.3 Å². The molecule has 0 unspecified atom stereocenters. The molecule has 102 valence electrons. The van der Waals surface area contributed by atoms with Crippen LogP contribution >= 0.6 is 0 Å². The van der Waals surface area contributed by atoms with Gasteiger partial charge in [-0.05, 0) is 19.1 Å². The third-order valence-electron chi connectivity index (χ3n) is 3.03. The van der Waals surface area contributed by atoms with Gasteiger partial charge in [0.2, 0.25) is 0 Å². The van der Waals surface area contributed by atoms with Gasteiger partial charge in [-0.1, -0.05) is 36.8 Å². The van der Waals surface area contributed by atoms with Crippen molar-refractivity contribution in [3.05, 3.63) is 47.7 Å². The van der Waals surface area contributed by atoms with E-state index < -0.39 is 9.84 Å². The number of nitriles is 1. The van der Waals surface area contributed by atoms with Crippen molar-refractivity contribution in [3.8, 4) is 17.3 Å². The first kappa shape index (κ1) is 14.2. The van der Waals surface area contributed by atoms with Gasteiger partial charge in [-0.3, -0.25) is 0 Å². The van der Waals surface area contributed by atoms with Gasteiger partial charge in [-0.25, -0.2) is 13.4 Å². The number of hydrogen-bond donors (Lipinski definition) is 0. The Labute approximate surface area is 118 Å². The number of hydrogen-bond acceptors (Lipinski definition) is 4. The minimum Gasteiger partial charge on any atom is -0.236 e. The molecule has 0 atom stereocenters. The summed E-state index contributed by atoms with van der Waals surface area (Å²) in [5, 5.41) is 9.12. The van der Waals surface area contributed by atoms with Crippen LogP contribution < -0.4 is 0 Å². The van der Waals surface area contributed by atoms with Crippen LogP contribution in [-0.4, -0.2) is 19.2 Å². The Morgan fingerprint density at radius 3 is 2.35 bits per heavy atom. The van der Waals surface area contributed by atoms with Crippen LogP contribution in [0, 0.1) is 18.3 Å². The van der Waals surface area contributed by atoms with Crippen molar-refractivity contribution in [3.63, 3.8) is 0 Å². The molecule has 0 fully saturated rings. The second kappa shape index (κ2) is 5.43. The summed E-state index contributed by atoms with van der Waals surface area (Å²) in [4.78, 5) is 4.16. The monoisotopic (exact) mass is 286 g/mol. The molecule has 0 saturated carbocycles. The summed E-state index contributed by atoms with van der Waals surface area (Å²) in [6, 6.07) is 12.6. The molecular formula is C15H14N2O2S. The number of aromatic nitrogens is 1. The summed E-state index contributed by atoms with van der Waals surface area (Å²) in [5.41, 5.74) is 2.52. The first-order valence-corrected chi connectivity index (χ1v) is 7.84. The fourth-order valence-corrected chi connectivity index (χ4v) is 2.79. The third kappa shape index (κ3) is 2.70. The highest BCUT2D eigenvalue weighted by Crippen LogP contribution is 2.22. The van der Waals surface area contributed by atoms with E-state index in [2.05, 4.69) is 4.98 Å². The van der Waals surface area contributed by atoms with E-state index in [0.29, 0.717) is 5.69 Å². The number of nitrogens with zero attached hydrogens (tertiary/aromatic N) is 2. The van der Waals surface area contributed by atoms with Gasteiger partial charge < -0.3 is 0 Å². The number of pyridine rings is 1. The number of sulfone groups is 1. The van der Waals surface area contributed by atoms with Crippen molar-refractivity contribution in [1.82, 2.24) is 4.98 Å². The quantitative estimate of drug-likeness (QED) is 0.869. The van der Waals surface area contributed by atoms with E-state index in [1.807, 2.05) is 37.3 Å². The lowest BCUT2D eigenvalue weighted by Crippen LogP contribution is -2.07. The normalized spacial score (nSPS) is 11.1. The van der Waals surface area contributed by atoms with Crippen LogP contribution in [0.25, 0.3) is 11.3 Å². The van der Waals surface area contributed by atoms with E-state index in [1.165, 1.54) is 6.07 Å². The van der Waals surface area contributed by atoms with Crippen LogP contribution in [-0.2, 0) is 9.84 Å². The van der Waals surface area contributed by atoms with Crippen molar-refractivity contribution >= 4 is 9.84 Å². The molecule has 5 heteroatoms. The predicted octanol–water partition coefficient (Wildman–Crippen LogP) is 2.72. The molecular weight excluding hydrogens is 272 g/mol. The minimum atomic E-state index is -3.43. The number of aryl methyl sites for hydroxylation is 1. The lowest BCUT2D eigenvalue weighted by Gasteiger charge is -2.06. The minimum absolute atomic E-state index is 0.00152. The van der Waals surface area contributed by atoms with Crippen molar-refractivity contribution in [2.75, 3.05) is 5.75 Å². The molecule has 1 aromatic carbocycles. The highest BCUT2D eigenvalue weighted by Gasteiger charge is 2.18. The number of benzene rings is 1. The van der Waals surface area contributed by atoms with Crippen LogP contribution in [0.1, 0.15) is 18.2 Å². The maximum atomic E-state index is 11.9. The summed E-state index contributed by atoms with van der Waals surface area (Å²) in [7, 11) is -3.43. The van der Waals surface area contributed by atoms with Crippen molar-refractivity contribution in [1.29, 1.82) is 5.26 Å². The van der Waals surface area contributed by atoms with E-state index in [9.17, 15) is 8.42 Å². The van der Waals surface area contributed by atoms with E-state index in [4.69, 9.17) is 5.26 Å². The zero-order valence-electron chi connectivity index (χ0n) is 11.3. The Kier molecular flexibility index (Phi) is 3.86. The molecule has 4 nitrogen and oxygen atoms in total. The van der Waals surface area contributed by atoms with Crippen molar-refractivity contribution in [2.45, 2.75) is 18.7 Å². The first-order chi connectivity index (χ1) is 9.47. The van der Waals surface area contributed by atoms with E-state index in [0.717, 1.165) is 11.1 Å². The SMILES string of the molecule is CCS(=O)(=O)c1ccc(-c2ccc(C)cc2)nc1C#N. The molecule has 2 rings (SSSR count). The Morgan fingerprint density at radius 1 is 1.15 bits per heavy atom. The molecule has 0 radical (unpaired) electrons. The highest BCUT2D eigenvalue weighted by molar-refractivity contribution is 7.91. The van der Waals surface area contributed by atoms with Gasteiger partial charge in [-0.15, -0.1) is 0 Å². The lowest BCUT2D eigenvalue weighted by atomic mass is 10.1. The zero-order valence-corrected chi connectivity index (χ0v) is 12.1. The van der Waals surface area contributed by atoms with Gasteiger partial charge in [-0.2, -0.15) is 5.26 Å². The molecule has 1 heterocycles. The lowest BCUT2D eigenvalue weighted by molar-refractivity contribution is 0.596. The van der Waals surface area contributed by atoms with Crippen LogP contribution in [0.2, 0.25) is 0 Å². The van der Waals surface area contributed by atoms with Gasteiger partial charge >= 0.3 is 0 Å². The molecule has 0 spiro atoms. The molecule has 20 heavy (non-hydrogen) atoms. The topological polar surface area (TPSA) is 70.8 Å². The van der Waals surface area contributed by atoms with Crippen LogP contribution in [0.5, 0.6) is 0 Å². The molecule has 0 amide bonds. The smallest absolute Gasteiger partial charge is 0.180 e.